The van der Waals surface area contributed by atoms with E-state index in [9.17, 15) is 0 Å². The molecule has 0 spiro atoms. The Morgan fingerprint density at radius 3 is 2.80 bits per heavy atom. The molecular weight excluding hydrogens is 239 g/mol. The minimum atomic E-state index is 0.0702. The Labute approximate surface area is 98.2 Å². The Morgan fingerprint density at radius 2 is 2.13 bits per heavy atom. The zero-order valence-corrected chi connectivity index (χ0v) is 10.0. The van der Waals surface area contributed by atoms with Crippen LogP contribution in [0.3, 0.4) is 0 Å². The van der Waals surface area contributed by atoms with Gasteiger partial charge >= 0.3 is 0 Å². The number of nitrogens with zero attached hydrogens (tertiary/aromatic N) is 3. The lowest BCUT2D eigenvalue weighted by Crippen LogP contribution is -2.18. The summed E-state index contributed by atoms with van der Waals surface area (Å²) in [4.78, 5) is 3.93. The Bertz CT molecular complexity index is 324. The predicted molar refractivity (Wildman–Crippen MR) is 59.4 cm³/mol. The van der Waals surface area contributed by atoms with Crippen molar-refractivity contribution in [3.8, 4) is 0 Å². The fourth-order valence-corrected chi connectivity index (χ4v) is 1.24. The highest BCUT2D eigenvalue weighted by Gasteiger charge is 2.09. The average Bonchev–Trinajstić information content (AvgIpc) is 2.20. The van der Waals surface area contributed by atoms with Gasteiger partial charge in [-0.25, -0.2) is 0 Å². The van der Waals surface area contributed by atoms with E-state index in [0.717, 1.165) is 6.42 Å². The molecule has 1 aromatic rings. The van der Waals surface area contributed by atoms with E-state index in [1.807, 2.05) is 6.92 Å². The van der Waals surface area contributed by atoms with Crippen LogP contribution in [-0.2, 0) is 4.74 Å². The Morgan fingerprint density at radius 1 is 1.40 bits per heavy atom. The molecule has 0 aliphatic heterocycles. The minimum Gasteiger partial charge on any atom is -0.385 e. The minimum absolute atomic E-state index is 0.0702. The predicted octanol–water partition coefficient (Wildman–Crippen LogP) is 2.02. The maximum absolute atomic E-state index is 5.79. The number of methoxy groups -OCH3 is 1. The second-order valence-corrected chi connectivity index (χ2v) is 3.74. The van der Waals surface area contributed by atoms with Crippen LogP contribution in [-0.4, -0.2) is 34.9 Å². The molecule has 5 nitrogen and oxygen atoms in total. The van der Waals surface area contributed by atoms with E-state index in [4.69, 9.17) is 27.9 Å². The van der Waals surface area contributed by atoms with Gasteiger partial charge in [-0.05, 0) is 24.9 Å². The maximum Gasteiger partial charge on any atom is 0.245 e. The third-order valence-electron chi connectivity index (χ3n) is 1.76. The highest BCUT2D eigenvalue weighted by atomic mass is 35.5. The van der Waals surface area contributed by atoms with Crippen LogP contribution in [0.25, 0.3) is 0 Å². The summed E-state index contributed by atoms with van der Waals surface area (Å²) >= 11 is 11.4. The Hall–Kier alpha value is -0.650. The topological polar surface area (TPSA) is 59.9 Å². The average molecular weight is 251 g/mol. The summed E-state index contributed by atoms with van der Waals surface area (Å²) in [6.07, 6.45) is 0.842. The Kier molecular flexibility index (Phi) is 5.01. The summed E-state index contributed by atoms with van der Waals surface area (Å²) in [5.74, 6) is 0.445. The van der Waals surface area contributed by atoms with Gasteiger partial charge in [0.15, 0.2) is 11.0 Å². The second-order valence-electron chi connectivity index (χ2n) is 3.05. The number of hydrogen-bond donors (Lipinski definition) is 1. The van der Waals surface area contributed by atoms with Crippen molar-refractivity contribution >= 4 is 29.0 Å². The van der Waals surface area contributed by atoms with Gasteiger partial charge in [0.2, 0.25) is 5.28 Å². The van der Waals surface area contributed by atoms with Gasteiger partial charge in [0.25, 0.3) is 0 Å². The number of ether oxygens (including phenoxy) is 1. The summed E-state index contributed by atoms with van der Waals surface area (Å²) in [5.41, 5.74) is 0. The van der Waals surface area contributed by atoms with Crippen LogP contribution in [0.5, 0.6) is 0 Å². The molecule has 0 aliphatic carbocycles. The van der Waals surface area contributed by atoms with Crippen LogP contribution < -0.4 is 5.32 Å². The van der Waals surface area contributed by atoms with Gasteiger partial charge in [-0.15, -0.1) is 10.2 Å². The van der Waals surface area contributed by atoms with E-state index in [0.29, 0.717) is 12.4 Å². The van der Waals surface area contributed by atoms with Gasteiger partial charge in [-0.1, -0.05) is 11.6 Å². The van der Waals surface area contributed by atoms with Gasteiger partial charge in [0.05, 0.1) is 0 Å². The van der Waals surface area contributed by atoms with Crippen molar-refractivity contribution in [2.75, 3.05) is 19.0 Å². The standard InChI is InChI=1S/C8H12Cl2N4O/c1-5(3-4-15-2)11-7-6(9)13-14-8(10)12-7/h5H,3-4H2,1-2H3,(H,11,12,14). The van der Waals surface area contributed by atoms with E-state index >= 15 is 0 Å². The summed E-state index contributed by atoms with van der Waals surface area (Å²) in [6, 6.07) is 0.176. The first-order valence-corrected chi connectivity index (χ1v) is 5.20. The molecule has 1 heterocycles. The maximum atomic E-state index is 5.79. The van der Waals surface area contributed by atoms with Crippen molar-refractivity contribution in [2.24, 2.45) is 0 Å². The van der Waals surface area contributed by atoms with Crippen molar-refractivity contribution in [3.05, 3.63) is 10.4 Å². The van der Waals surface area contributed by atoms with Crippen molar-refractivity contribution in [1.82, 2.24) is 15.2 Å². The van der Waals surface area contributed by atoms with Crippen LogP contribution in [0.2, 0.25) is 10.4 Å². The summed E-state index contributed by atoms with van der Waals surface area (Å²) in [5, 5.41) is 10.5. The van der Waals surface area contributed by atoms with Gasteiger partial charge in [0.1, 0.15) is 0 Å². The zero-order valence-electron chi connectivity index (χ0n) is 8.50. The fraction of sp³-hybridized carbons (Fsp3) is 0.625. The molecule has 0 radical (unpaired) electrons. The van der Waals surface area contributed by atoms with Gasteiger partial charge in [-0.3, -0.25) is 0 Å². The van der Waals surface area contributed by atoms with Crippen molar-refractivity contribution in [1.29, 1.82) is 0 Å². The summed E-state index contributed by atoms with van der Waals surface area (Å²) in [6.45, 7) is 2.66. The number of aromatic nitrogens is 3. The number of halogens is 2. The molecule has 1 unspecified atom stereocenters. The highest BCUT2D eigenvalue weighted by Crippen LogP contribution is 2.17. The monoisotopic (exact) mass is 250 g/mol. The molecule has 0 saturated carbocycles. The van der Waals surface area contributed by atoms with Crippen molar-refractivity contribution in [2.45, 2.75) is 19.4 Å². The molecule has 0 fully saturated rings. The third-order valence-corrected chi connectivity index (χ3v) is 2.17. The lowest BCUT2D eigenvalue weighted by atomic mass is 10.2. The quantitative estimate of drug-likeness (QED) is 0.867. The Balaban J connectivity index is 2.59. The molecule has 0 bridgehead atoms. The van der Waals surface area contributed by atoms with E-state index in [1.54, 1.807) is 7.11 Å². The highest BCUT2D eigenvalue weighted by molar-refractivity contribution is 6.32. The molecule has 84 valence electrons. The third kappa shape index (κ3) is 4.15. The molecule has 15 heavy (non-hydrogen) atoms. The SMILES string of the molecule is COCCC(C)Nc1nc(Cl)nnc1Cl. The first-order chi connectivity index (χ1) is 7.13. The van der Waals surface area contributed by atoms with Crippen LogP contribution in [0.4, 0.5) is 5.82 Å². The smallest absolute Gasteiger partial charge is 0.245 e. The number of anilines is 1. The summed E-state index contributed by atoms with van der Waals surface area (Å²) < 4.78 is 4.96. The fourth-order valence-electron chi connectivity index (χ4n) is 0.985. The molecule has 0 aromatic carbocycles. The molecule has 7 heteroatoms. The van der Waals surface area contributed by atoms with Gasteiger partial charge < -0.3 is 10.1 Å². The number of hydrogen-bond acceptors (Lipinski definition) is 5. The lowest BCUT2D eigenvalue weighted by Gasteiger charge is -2.13. The normalized spacial score (nSPS) is 12.5. The second kappa shape index (κ2) is 6.05. The molecule has 1 rings (SSSR count). The molecule has 0 aliphatic rings. The van der Waals surface area contributed by atoms with Gasteiger partial charge in [-0.2, -0.15) is 4.98 Å². The van der Waals surface area contributed by atoms with Crippen molar-refractivity contribution in [3.63, 3.8) is 0 Å². The first kappa shape index (κ1) is 12.4. The molecule has 1 atom stereocenters. The lowest BCUT2D eigenvalue weighted by molar-refractivity contribution is 0.191. The number of rotatable bonds is 5. The molecule has 0 amide bonds. The largest absolute Gasteiger partial charge is 0.385 e. The van der Waals surface area contributed by atoms with Crippen LogP contribution in [0, 0.1) is 0 Å². The van der Waals surface area contributed by atoms with Crippen molar-refractivity contribution < 1.29 is 4.74 Å². The molecule has 0 saturated heterocycles. The van der Waals surface area contributed by atoms with Crippen LogP contribution in [0.15, 0.2) is 0 Å². The first-order valence-electron chi connectivity index (χ1n) is 4.44. The van der Waals surface area contributed by atoms with Crippen LogP contribution >= 0.6 is 23.2 Å². The van der Waals surface area contributed by atoms with Gasteiger partial charge in [0, 0.05) is 19.8 Å². The molecule has 1 N–H and O–H groups in total. The molecular formula is C8H12Cl2N4O. The van der Waals surface area contributed by atoms with E-state index in [-0.39, 0.29) is 16.5 Å². The molecule has 1 aromatic heterocycles. The summed E-state index contributed by atoms with van der Waals surface area (Å²) in [7, 11) is 1.66. The van der Waals surface area contributed by atoms with E-state index < -0.39 is 0 Å². The van der Waals surface area contributed by atoms with E-state index in [2.05, 4.69) is 20.5 Å². The van der Waals surface area contributed by atoms with Crippen LogP contribution in [0.1, 0.15) is 13.3 Å². The number of nitrogens with one attached hydrogen (secondary N) is 1. The zero-order chi connectivity index (χ0) is 11.3. The van der Waals surface area contributed by atoms with E-state index in [1.165, 1.54) is 0 Å².